The molecule has 1 unspecified atom stereocenters. The molecule has 1 saturated carbocycles. The van der Waals surface area contributed by atoms with Crippen molar-refractivity contribution in [3.8, 4) is 0 Å². The zero-order chi connectivity index (χ0) is 10.4. The molecule has 0 aromatic rings. The van der Waals surface area contributed by atoms with Gasteiger partial charge in [-0.05, 0) is 25.7 Å². The van der Waals surface area contributed by atoms with Crippen LogP contribution < -0.4 is 0 Å². The van der Waals surface area contributed by atoms with E-state index in [4.69, 9.17) is 4.74 Å². The standard InChI is InChI=1S/C10H16O4/c1-8(5-6-13-7-11)10(12)14-9-3-2-4-9/h7-9H,2-6H2,1H3. The van der Waals surface area contributed by atoms with E-state index in [0.29, 0.717) is 12.9 Å². The Kier molecular flexibility index (Phi) is 4.43. The summed E-state index contributed by atoms with van der Waals surface area (Å²) in [6.45, 7) is 2.46. The van der Waals surface area contributed by atoms with Crippen LogP contribution in [0.25, 0.3) is 0 Å². The summed E-state index contributed by atoms with van der Waals surface area (Å²) < 4.78 is 9.71. The second-order valence-electron chi connectivity index (χ2n) is 3.65. The first kappa shape index (κ1) is 11.0. The average Bonchev–Trinajstić information content (AvgIpc) is 2.11. The fourth-order valence-corrected chi connectivity index (χ4v) is 1.18. The van der Waals surface area contributed by atoms with Gasteiger partial charge >= 0.3 is 5.97 Å². The SMILES string of the molecule is CC(CCOC=O)C(=O)OC1CCC1. The maximum Gasteiger partial charge on any atom is 0.309 e. The van der Waals surface area contributed by atoms with E-state index in [1.54, 1.807) is 6.92 Å². The predicted molar refractivity (Wildman–Crippen MR) is 49.5 cm³/mol. The van der Waals surface area contributed by atoms with Gasteiger partial charge in [0.2, 0.25) is 0 Å². The minimum atomic E-state index is -0.185. The van der Waals surface area contributed by atoms with E-state index in [9.17, 15) is 9.59 Å². The molecule has 0 bridgehead atoms. The van der Waals surface area contributed by atoms with Crippen LogP contribution in [0.2, 0.25) is 0 Å². The molecule has 1 fully saturated rings. The number of esters is 1. The van der Waals surface area contributed by atoms with Gasteiger partial charge in [0.05, 0.1) is 12.5 Å². The fourth-order valence-electron chi connectivity index (χ4n) is 1.18. The highest BCUT2D eigenvalue weighted by Gasteiger charge is 2.24. The van der Waals surface area contributed by atoms with Crippen LogP contribution in [0.4, 0.5) is 0 Å². The summed E-state index contributed by atoms with van der Waals surface area (Å²) in [5, 5.41) is 0. The first-order chi connectivity index (χ1) is 6.74. The lowest BCUT2D eigenvalue weighted by Gasteiger charge is -2.26. The van der Waals surface area contributed by atoms with E-state index in [-0.39, 0.29) is 24.6 Å². The van der Waals surface area contributed by atoms with E-state index in [1.165, 1.54) is 0 Å². The van der Waals surface area contributed by atoms with Crippen molar-refractivity contribution in [2.24, 2.45) is 5.92 Å². The number of rotatable bonds is 6. The van der Waals surface area contributed by atoms with Crippen LogP contribution in [-0.4, -0.2) is 25.2 Å². The maximum atomic E-state index is 11.4. The molecule has 1 aliphatic rings. The van der Waals surface area contributed by atoms with Crippen LogP contribution >= 0.6 is 0 Å². The summed E-state index contributed by atoms with van der Waals surface area (Å²) in [6.07, 6.45) is 3.80. The Morgan fingerprint density at radius 3 is 2.79 bits per heavy atom. The van der Waals surface area contributed by atoms with E-state index in [1.807, 2.05) is 0 Å². The van der Waals surface area contributed by atoms with Gasteiger partial charge in [-0.3, -0.25) is 9.59 Å². The quantitative estimate of drug-likeness (QED) is 0.368. The molecule has 4 nitrogen and oxygen atoms in total. The van der Waals surface area contributed by atoms with E-state index in [2.05, 4.69) is 4.74 Å². The molecular weight excluding hydrogens is 184 g/mol. The van der Waals surface area contributed by atoms with Gasteiger partial charge in [-0.1, -0.05) is 6.92 Å². The summed E-state index contributed by atoms with van der Waals surface area (Å²) in [7, 11) is 0. The highest BCUT2D eigenvalue weighted by Crippen LogP contribution is 2.23. The van der Waals surface area contributed by atoms with Crippen LogP contribution in [0.15, 0.2) is 0 Å². The van der Waals surface area contributed by atoms with Gasteiger partial charge in [-0.15, -0.1) is 0 Å². The molecule has 0 aromatic heterocycles. The molecule has 0 saturated heterocycles. The molecule has 1 rings (SSSR count). The van der Waals surface area contributed by atoms with Gasteiger partial charge in [0.25, 0.3) is 6.47 Å². The van der Waals surface area contributed by atoms with Gasteiger partial charge in [0.15, 0.2) is 0 Å². The van der Waals surface area contributed by atoms with E-state index >= 15 is 0 Å². The normalized spacial score (nSPS) is 18.1. The van der Waals surface area contributed by atoms with Crippen molar-refractivity contribution in [2.75, 3.05) is 6.61 Å². The van der Waals surface area contributed by atoms with Crippen molar-refractivity contribution in [1.82, 2.24) is 0 Å². The largest absolute Gasteiger partial charge is 0.468 e. The molecule has 0 heterocycles. The third-order valence-corrected chi connectivity index (χ3v) is 2.47. The Morgan fingerprint density at radius 1 is 1.57 bits per heavy atom. The first-order valence-corrected chi connectivity index (χ1v) is 4.99. The summed E-state index contributed by atoms with van der Waals surface area (Å²) in [4.78, 5) is 21.2. The lowest BCUT2D eigenvalue weighted by molar-refractivity contribution is -0.158. The van der Waals surface area contributed by atoms with Gasteiger partial charge in [-0.25, -0.2) is 0 Å². The fraction of sp³-hybridized carbons (Fsp3) is 0.800. The smallest absolute Gasteiger partial charge is 0.309 e. The third-order valence-electron chi connectivity index (χ3n) is 2.47. The topological polar surface area (TPSA) is 52.6 Å². The zero-order valence-electron chi connectivity index (χ0n) is 8.40. The van der Waals surface area contributed by atoms with Crippen molar-refractivity contribution < 1.29 is 19.1 Å². The lowest BCUT2D eigenvalue weighted by atomic mass is 9.96. The Morgan fingerprint density at radius 2 is 2.29 bits per heavy atom. The van der Waals surface area contributed by atoms with Gasteiger partial charge in [-0.2, -0.15) is 0 Å². The molecule has 1 aliphatic carbocycles. The summed E-state index contributed by atoms with van der Waals surface area (Å²) in [5.74, 6) is -0.361. The average molecular weight is 200 g/mol. The monoisotopic (exact) mass is 200 g/mol. The molecule has 0 amide bonds. The van der Waals surface area contributed by atoms with E-state index < -0.39 is 0 Å². The maximum absolute atomic E-state index is 11.4. The number of ether oxygens (including phenoxy) is 2. The third kappa shape index (κ3) is 3.36. The van der Waals surface area contributed by atoms with Crippen LogP contribution in [0.3, 0.4) is 0 Å². The molecule has 0 aliphatic heterocycles. The first-order valence-electron chi connectivity index (χ1n) is 4.99. The molecule has 0 aromatic carbocycles. The molecule has 0 N–H and O–H groups in total. The Bertz CT molecular complexity index is 198. The summed E-state index contributed by atoms with van der Waals surface area (Å²) in [6, 6.07) is 0. The van der Waals surface area contributed by atoms with Crippen LogP contribution in [0, 0.1) is 5.92 Å². The predicted octanol–water partition coefficient (Wildman–Crippen LogP) is 1.28. The molecule has 0 radical (unpaired) electrons. The van der Waals surface area contributed by atoms with Crippen molar-refractivity contribution in [3.63, 3.8) is 0 Å². The lowest BCUT2D eigenvalue weighted by Crippen LogP contribution is -2.28. The molecule has 0 spiro atoms. The highest BCUT2D eigenvalue weighted by molar-refractivity contribution is 5.72. The summed E-state index contributed by atoms with van der Waals surface area (Å²) in [5.41, 5.74) is 0. The highest BCUT2D eigenvalue weighted by atomic mass is 16.5. The Balaban J connectivity index is 2.11. The number of carbonyl (C=O) groups excluding carboxylic acids is 2. The number of hydrogen-bond donors (Lipinski definition) is 0. The van der Waals surface area contributed by atoms with Crippen molar-refractivity contribution in [1.29, 1.82) is 0 Å². The van der Waals surface area contributed by atoms with Gasteiger partial charge in [0.1, 0.15) is 6.10 Å². The second kappa shape index (κ2) is 5.62. The van der Waals surface area contributed by atoms with Gasteiger partial charge < -0.3 is 9.47 Å². The Labute approximate surface area is 83.6 Å². The molecule has 4 heteroatoms. The summed E-state index contributed by atoms with van der Waals surface area (Å²) >= 11 is 0. The van der Waals surface area contributed by atoms with E-state index in [0.717, 1.165) is 19.3 Å². The van der Waals surface area contributed by atoms with Crippen molar-refractivity contribution in [3.05, 3.63) is 0 Å². The minimum absolute atomic E-state index is 0.136. The van der Waals surface area contributed by atoms with Gasteiger partial charge in [0, 0.05) is 0 Å². The zero-order valence-corrected chi connectivity index (χ0v) is 8.40. The number of hydrogen-bond acceptors (Lipinski definition) is 4. The van der Waals surface area contributed by atoms with Crippen LogP contribution in [-0.2, 0) is 19.1 Å². The minimum Gasteiger partial charge on any atom is -0.468 e. The molecule has 14 heavy (non-hydrogen) atoms. The van der Waals surface area contributed by atoms with Crippen LogP contribution in [0.5, 0.6) is 0 Å². The van der Waals surface area contributed by atoms with Crippen LogP contribution in [0.1, 0.15) is 32.6 Å². The second-order valence-corrected chi connectivity index (χ2v) is 3.65. The van der Waals surface area contributed by atoms with Crippen molar-refractivity contribution >= 4 is 12.4 Å². The Hall–Kier alpha value is -1.06. The molecular formula is C10H16O4. The van der Waals surface area contributed by atoms with Crippen molar-refractivity contribution in [2.45, 2.75) is 38.7 Å². The molecule has 80 valence electrons. The molecule has 1 atom stereocenters. The number of carbonyl (C=O) groups is 2.